The third-order valence-corrected chi connectivity index (χ3v) is 5.72. The Bertz CT molecular complexity index is 1400. The Morgan fingerprint density at radius 2 is 2.03 bits per heavy atom. The lowest BCUT2D eigenvalue weighted by Gasteiger charge is -2.11. The highest BCUT2D eigenvalue weighted by Crippen LogP contribution is 2.31. The number of anilines is 2. The Labute approximate surface area is 183 Å². The van der Waals surface area contributed by atoms with E-state index in [1.54, 1.807) is 35.0 Å². The summed E-state index contributed by atoms with van der Waals surface area (Å²) in [5.41, 5.74) is 4.03. The highest BCUT2D eigenvalue weighted by molar-refractivity contribution is 7.92. The number of fused-ring (bicyclic) bond motifs is 1. The van der Waals surface area contributed by atoms with E-state index < -0.39 is 15.9 Å². The topological polar surface area (TPSA) is 135 Å². The fourth-order valence-corrected chi connectivity index (χ4v) is 4.09. The van der Waals surface area contributed by atoms with Gasteiger partial charge in [-0.25, -0.2) is 17.9 Å². The molecule has 3 heterocycles. The molecule has 11 heteroatoms. The van der Waals surface area contributed by atoms with Gasteiger partial charge in [0.1, 0.15) is 0 Å². The summed E-state index contributed by atoms with van der Waals surface area (Å²) in [7, 11) is -3.42. The molecular weight excluding hydrogens is 432 g/mol. The molecule has 2 aliphatic rings. The summed E-state index contributed by atoms with van der Waals surface area (Å²) in [6.45, 7) is 0. The van der Waals surface area contributed by atoms with Gasteiger partial charge in [-0.3, -0.25) is 19.6 Å². The number of hydrogen-bond donors (Lipinski definition) is 3. The van der Waals surface area contributed by atoms with Crippen LogP contribution in [0.5, 0.6) is 0 Å². The molecule has 1 aromatic carbocycles. The quantitative estimate of drug-likeness (QED) is 0.383. The number of hydrogen-bond acceptors (Lipinski definition) is 7. The molecule has 0 atom stereocenters. The SMILES string of the molecule is CS(=O)(=O)Nc1cccc(-c2cc(NC3CC3)c3ncc(C=C4CC(=O)NC4=O)n3n2)c1. The normalized spacial score (nSPS) is 17.7. The molecular formula is C21H20N6O4S. The number of imidazole rings is 1. The molecule has 3 aromatic rings. The van der Waals surface area contributed by atoms with Crippen LogP contribution in [-0.2, 0) is 19.6 Å². The van der Waals surface area contributed by atoms with Crippen LogP contribution in [0.15, 0.2) is 42.1 Å². The van der Waals surface area contributed by atoms with Crippen molar-refractivity contribution in [2.45, 2.75) is 25.3 Å². The molecule has 10 nitrogen and oxygen atoms in total. The molecule has 2 amide bonds. The minimum atomic E-state index is -3.42. The number of aromatic nitrogens is 3. The van der Waals surface area contributed by atoms with Gasteiger partial charge in [-0.1, -0.05) is 12.1 Å². The van der Waals surface area contributed by atoms with E-state index in [9.17, 15) is 18.0 Å². The van der Waals surface area contributed by atoms with Crippen LogP contribution in [0, 0.1) is 0 Å². The average Bonchev–Trinajstić information content (AvgIpc) is 3.35. The van der Waals surface area contributed by atoms with E-state index in [1.165, 1.54) is 0 Å². The largest absolute Gasteiger partial charge is 0.379 e. The summed E-state index contributed by atoms with van der Waals surface area (Å²) >= 11 is 0. The van der Waals surface area contributed by atoms with Crippen molar-refractivity contribution in [3.8, 4) is 11.3 Å². The number of carbonyl (C=O) groups excluding carboxylic acids is 2. The van der Waals surface area contributed by atoms with E-state index >= 15 is 0 Å². The molecule has 0 spiro atoms. The molecule has 2 aromatic heterocycles. The van der Waals surface area contributed by atoms with Crippen molar-refractivity contribution in [2.75, 3.05) is 16.3 Å². The molecule has 1 aliphatic heterocycles. The van der Waals surface area contributed by atoms with Gasteiger partial charge in [-0.15, -0.1) is 0 Å². The third kappa shape index (κ3) is 4.19. The predicted octanol–water partition coefficient (Wildman–Crippen LogP) is 1.77. The lowest BCUT2D eigenvalue weighted by Crippen LogP contribution is -2.19. The van der Waals surface area contributed by atoms with E-state index in [0.29, 0.717) is 39.9 Å². The fraction of sp³-hybridized carbons (Fsp3) is 0.238. The Kier molecular flexibility index (Phi) is 4.70. The lowest BCUT2D eigenvalue weighted by atomic mass is 10.1. The maximum atomic E-state index is 12.0. The molecule has 0 unspecified atom stereocenters. The average molecular weight is 452 g/mol. The van der Waals surface area contributed by atoms with Crippen LogP contribution in [0.25, 0.3) is 23.0 Å². The van der Waals surface area contributed by atoms with Gasteiger partial charge in [0, 0.05) is 22.9 Å². The second kappa shape index (κ2) is 7.45. The van der Waals surface area contributed by atoms with Gasteiger partial charge in [-0.05, 0) is 37.1 Å². The van der Waals surface area contributed by atoms with Gasteiger partial charge in [0.2, 0.25) is 15.9 Å². The second-order valence-corrected chi connectivity index (χ2v) is 9.71. The zero-order valence-electron chi connectivity index (χ0n) is 17.1. The van der Waals surface area contributed by atoms with Crippen molar-refractivity contribution in [1.82, 2.24) is 19.9 Å². The van der Waals surface area contributed by atoms with Crippen molar-refractivity contribution >= 4 is 44.9 Å². The molecule has 32 heavy (non-hydrogen) atoms. The molecule has 2 fully saturated rings. The number of carbonyl (C=O) groups is 2. The summed E-state index contributed by atoms with van der Waals surface area (Å²) < 4.78 is 27.3. The van der Waals surface area contributed by atoms with E-state index in [-0.39, 0.29) is 12.3 Å². The van der Waals surface area contributed by atoms with Crippen LogP contribution in [0.4, 0.5) is 11.4 Å². The smallest absolute Gasteiger partial charge is 0.254 e. The zero-order chi connectivity index (χ0) is 22.5. The zero-order valence-corrected chi connectivity index (χ0v) is 17.9. The number of benzene rings is 1. The number of nitrogens with one attached hydrogen (secondary N) is 3. The summed E-state index contributed by atoms with van der Waals surface area (Å²) in [5.74, 6) is -0.757. The van der Waals surface area contributed by atoms with Gasteiger partial charge in [0.05, 0.1) is 35.9 Å². The molecule has 0 radical (unpaired) electrons. The molecule has 1 saturated heterocycles. The van der Waals surface area contributed by atoms with Crippen molar-refractivity contribution in [1.29, 1.82) is 0 Å². The van der Waals surface area contributed by atoms with Crippen molar-refractivity contribution in [3.05, 3.63) is 47.8 Å². The van der Waals surface area contributed by atoms with E-state index in [0.717, 1.165) is 24.8 Å². The van der Waals surface area contributed by atoms with Gasteiger partial charge in [0.25, 0.3) is 5.91 Å². The minimum Gasteiger partial charge on any atom is -0.379 e. The number of nitrogens with zero attached hydrogens (tertiary/aromatic N) is 3. The Morgan fingerprint density at radius 1 is 1.22 bits per heavy atom. The molecule has 164 valence electrons. The Morgan fingerprint density at radius 3 is 2.72 bits per heavy atom. The van der Waals surface area contributed by atoms with Crippen molar-refractivity contribution in [2.24, 2.45) is 0 Å². The highest BCUT2D eigenvalue weighted by Gasteiger charge is 2.26. The maximum Gasteiger partial charge on any atom is 0.254 e. The first kappa shape index (κ1) is 20.2. The van der Waals surface area contributed by atoms with Gasteiger partial charge >= 0.3 is 0 Å². The number of sulfonamides is 1. The van der Waals surface area contributed by atoms with E-state index in [1.807, 2.05) is 12.1 Å². The third-order valence-electron chi connectivity index (χ3n) is 5.11. The van der Waals surface area contributed by atoms with Crippen molar-refractivity contribution < 1.29 is 18.0 Å². The number of amides is 2. The molecule has 5 rings (SSSR count). The standard InChI is InChI=1S/C21H20N6O4S/c1-32(30,31)26-15-4-2-3-12(7-15)17-10-18(23-14-5-6-14)20-22-11-16(27(20)25-17)8-13-9-19(28)24-21(13)29/h2-4,7-8,10-11,14,23,26H,5-6,9H2,1H3,(H,24,28,29). The van der Waals surface area contributed by atoms with Crippen LogP contribution < -0.4 is 15.4 Å². The fourth-order valence-electron chi connectivity index (χ4n) is 3.53. The second-order valence-electron chi connectivity index (χ2n) is 7.96. The van der Waals surface area contributed by atoms with Gasteiger partial charge in [-0.2, -0.15) is 5.10 Å². The first-order chi connectivity index (χ1) is 15.2. The number of rotatable bonds is 6. The van der Waals surface area contributed by atoms with E-state index in [4.69, 9.17) is 5.10 Å². The first-order valence-corrected chi connectivity index (χ1v) is 11.9. The lowest BCUT2D eigenvalue weighted by molar-refractivity contribution is -0.124. The van der Waals surface area contributed by atoms with E-state index in [2.05, 4.69) is 20.3 Å². The molecule has 1 aliphatic carbocycles. The van der Waals surface area contributed by atoms with Gasteiger partial charge in [0.15, 0.2) is 5.65 Å². The van der Waals surface area contributed by atoms with Crippen molar-refractivity contribution in [3.63, 3.8) is 0 Å². The Hall–Kier alpha value is -3.73. The van der Waals surface area contributed by atoms with Crippen LogP contribution >= 0.6 is 0 Å². The maximum absolute atomic E-state index is 12.0. The summed E-state index contributed by atoms with van der Waals surface area (Å²) in [4.78, 5) is 28.0. The van der Waals surface area contributed by atoms with Crippen LogP contribution in [-0.4, -0.2) is 47.1 Å². The molecule has 1 saturated carbocycles. The summed E-state index contributed by atoms with van der Waals surface area (Å²) in [6.07, 6.45) is 6.46. The Balaban J connectivity index is 1.62. The predicted molar refractivity (Wildman–Crippen MR) is 119 cm³/mol. The van der Waals surface area contributed by atoms with Crippen LogP contribution in [0.1, 0.15) is 25.0 Å². The number of imide groups is 1. The van der Waals surface area contributed by atoms with Gasteiger partial charge < -0.3 is 5.32 Å². The van der Waals surface area contributed by atoms with Crippen LogP contribution in [0.3, 0.4) is 0 Å². The summed E-state index contributed by atoms with van der Waals surface area (Å²) in [6, 6.07) is 9.19. The molecule has 0 bridgehead atoms. The monoisotopic (exact) mass is 452 g/mol. The minimum absolute atomic E-state index is 0.0120. The first-order valence-electron chi connectivity index (χ1n) is 10.0. The van der Waals surface area contributed by atoms with Crippen LogP contribution in [0.2, 0.25) is 0 Å². The molecule has 3 N–H and O–H groups in total. The summed E-state index contributed by atoms with van der Waals surface area (Å²) in [5, 5.41) is 10.4. The highest BCUT2D eigenvalue weighted by atomic mass is 32.2.